The van der Waals surface area contributed by atoms with Gasteiger partial charge in [-0.25, -0.2) is 8.42 Å². The van der Waals surface area contributed by atoms with Crippen molar-refractivity contribution in [1.29, 1.82) is 0 Å². The van der Waals surface area contributed by atoms with Crippen LogP contribution in [0.25, 0.3) is 0 Å². The molecule has 0 aliphatic carbocycles. The summed E-state index contributed by atoms with van der Waals surface area (Å²) < 4.78 is 78.1. The second-order valence-electron chi connectivity index (χ2n) is 4.96. The molecule has 2 rings (SSSR count). The Morgan fingerprint density at radius 2 is 1.65 bits per heavy atom. The molecule has 6 nitrogen and oxygen atoms in total. The number of benzene rings is 2. The van der Waals surface area contributed by atoms with Gasteiger partial charge in [0.05, 0.1) is 17.2 Å². The van der Waals surface area contributed by atoms with Crippen LogP contribution in [0, 0.1) is 0 Å². The van der Waals surface area contributed by atoms with Gasteiger partial charge < -0.3 is 14.2 Å². The van der Waals surface area contributed by atoms with Crippen LogP contribution >= 0.6 is 0 Å². The lowest BCUT2D eigenvalue weighted by molar-refractivity contribution is -0.274. The maximum absolute atomic E-state index is 12.4. The number of nitrogens with one attached hydrogen (secondary N) is 1. The summed E-state index contributed by atoms with van der Waals surface area (Å²) >= 11 is 0. The highest BCUT2D eigenvalue weighted by atomic mass is 32.2. The van der Waals surface area contributed by atoms with Gasteiger partial charge in [0.2, 0.25) is 0 Å². The maximum Gasteiger partial charge on any atom is 0.573 e. The van der Waals surface area contributed by atoms with Gasteiger partial charge in [-0.05, 0) is 36.4 Å². The minimum Gasteiger partial charge on any atom is -0.491 e. The van der Waals surface area contributed by atoms with Crippen molar-refractivity contribution in [3.05, 3.63) is 48.5 Å². The number of para-hydroxylation sites is 2. The van der Waals surface area contributed by atoms with E-state index < -0.39 is 22.1 Å². The number of sulfonamides is 1. The Balaban J connectivity index is 2.16. The molecule has 0 unspecified atom stereocenters. The highest BCUT2D eigenvalue weighted by Crippen LogP contribution is 2.31. The second kappa shape index (κ2) is 8.28. The molecule has 0 spiro atoms. The van der Waals surface area contributed by atoms with Crippen LogP contribution in [0.2, 0.25) is 0 Å². The molecule has 0 aliphatic rings. The summed E-state index contributed by atoms with van der Waals surface area (Å²) in [6.45, 7) is 0.667. The van der Waals surface area contributed by atoms with Gasteiger partial charge in [0.15, 0.2) is 5.75 Å². The molecule has 26 heavy (non-hydrogen) atoms. The van der Waals surface area contributed by atoms with E-state index in [0.29, 0.717) is 19.0 Å². The van der Waals surface area contributed by atoms with Crippen LogP contribution in [0.4, 0.5) is 18.9 Å². The smallest absolute Gasteiger partial charge is 0.491 e. The maximum atomic E-state index is 12.4. The minimum absolute atomic E-state index is 0.140. The molecule has 0 aliphatic heterocycles. The standard InChI is InChI=1S/C16H16F3NO5S/c1-23-10-11-24-12-6-8-13(9-7-12)26(21,22)20-14-4-2-3-5-15(14)25-16(17,18)19/h2-9,20H,10-11H2,1H3. The first-order chi connectivity index (χ1) is 12.2. The SMILES string of the molecule is COCCOc1ccc(S(=O)(=O)Nc2ccccc2OC(F)(F)F)cc1. The van der Waals surface area contributed by atoms with Crippen molar-refractivity contribution in [1.82, 2.24) is 0 Å². The highest BCUT2D eigenvalue weighted by molar-refractivity contribution is 7.92. The van der Waals surface area contributed by atoms with Gasteiger partial charge in [-0.1, -0.05) is 12.1 Å². The van der Waals surface area contributed by atoms with E-state index in [2.05, 4.69) is 9.46 Å². The molecule has 0 fully saturated rings. The van der Waals surface area contributed by atoms with E-state index in [1.165, 1.54) is 49.6 Å². The first-order valence-corrected chi connectivity index (χ1v) is 8.79. The van der Waals surface area contributed by atoms with Crippen LogP contribution in [0.1, 0.15) is 0 Å². The molecule has 0 aromatic heterocycles. The van der Waals surface area contributed by atoms with Crippen LogP contribution in [-0.2, 0) is 14.8 Å². The fourth-order valence-electron chi connectivity index (χ4n) is 1.93. The topological polar surface area (TPSA) is 73.9 Å². The zero-order valence-electron chi connectivity index (χ0n) is 13.6. The number of ether oxygens (including phenoxy) is 3. The van der Waals surface area contributed by atoms with E-state index >= 15 is 0 Å². The van der Waals surface area contributed by atoms with E-state index in [1.807, 2.05) is 0 Å². The summed E-state index contributed by atoms with van der Waals surface area (Å²) in [5, 5.41) is 0. The molecular formula is C16H16F3NO5S. The summed E-state index contributed by atoms with van der Waals surface area (Å²) in [6.07, 6.45) is -4.94. The van der Waals surface area contributed by atoms with Crippen molar-refractivity contribution >= 4 is 15.7 Å². The van der Waals surface area contributed by atoms with E-state index in [0.717, 1.165) is 6.07 Å². The largest absolute Gasteiger partial charge is 0.573 e. The summed E-state index contributed by atoms with van der Waals surface area (Å²) in [5.74, 6) is -0.218. The Hall–Kier alpha value is -2.46. The van der Waals surface area contributed by atoms with Crippen molar-refractivity contribution in [3.8, 4) is 11.5 Å². The lowest BCUT2D eigenvalue weighted by Crippen LogP contribution is -2.19. The molecule has 0 amide bonds. The molecular weight excluding hydrogens is 375 g/mol. The molecule has 10 heteroatoms. The first kappa shape index (κ1) is 19.9. The number of methoxy groups -OCH3 is 1. The molecule has 0 radical (unpaired) electrons. The Labute approximate surface area is 148 Å². The summed E-state index contributed by atoms with van der Waals surface area (Å²) in [7, 11) is -2.59. The first-order valence-electron chi connectivity index (χ1n) is 7.31. The molecule has 1 N–H and O–H groups in total. The van der Waals surface area contributed by atoms with Gasteiger partial charge in [0.1, 0.15) is 12.4 Å². The van der Waals surface area contributed by atoms with Gasteiger partial charge in [-0.15, -0.1) is 13.2 Å². The van der Waals surface area contributed by atoms with Crippen molar-refractivity contribution in [2.45, 2.75) is 11.3 Å². The number of hydrogen-bond donors (Lipinski definition) is 1. The summed E-state index contributed by atoms with van der Waals surface area (Å²) in [6, 6.07) is 10.3. The van der Waals surface area contributed by atoms with E-state index in [-0.39, 0.29) is 10.6 Å². The monoisotopic (exact) mass is 391 g/mol. The zero-order chi connectivity index (χ0) is 19.2. The van der Waals surface area contributed by atoms with Crippen molar-refractivity contribution in [2.24, 2.45) is 0 Å². The quantitative estimate of drug-likeness (QED) is 0.698. The third-order valence-corrected chi connectivity index (χ3v) is 4.43. The van der Waals surface area contributed by atoms with Gasteiger partial charge >= 0.3 is 6.36 Å². The number of rotatable bonds is 8. The number of hydrogen-bond acceptors (Lipinski definition) is 5. The molecule has 0 bridgehead atoms. The van der Waals surface area contributed by atoms with E-state index in [9.17, 15) is 21.6 Å². The molecule has 0 saturated carbocycles. The van der Waals surface area contributed by atoms with Gasteiger partial charge in [-0.2, -0.15) is 0 Å². The zero-order valence-corrected chi connectivity index (χ0v) is 14.4. The summed E-state index contributed by atoms with van der Waals surface area (Å²) in [4.78, 5) is -0.140. The van der Waals surface area contributed by atoms with Crippen LogP contribution in [-0.4, -0.2) is 35.1 Å². The fourth-order valence-corrected chi connectivity index (χ4v) is 3.00. The molecule has 142 valence electrons. The molecule has 2 aromatic rings. The van der Waals surface area contributed by atoms with Crippen LogP contribution in [0.3, 0.4) is 0 Å². The molecule has 2 aromatic carbocycles. The number of alkyl halides is 3. The number of halogens is 3. The molecule has 0 atom stereocenters. The average Bonchev–Trinajstić information content (AvgIpc) is 2.56. The predicted octanol–water partition coefficient (Wildman–Crippen LogP) is 3.41. The molecule has 0 heterocycles. The Kier molecular flexibility index (Phi) is 6.32. The van der Waals surface area contributed by atoms with E-state index in [4.69, 9.17) is 9.47 Å². The lowest BCUT2D eigenvalue weighted by Gasteiger charge is -2.15. The summed E-state index contributed by atoms with van der Waals surface area (Å²) in [5.41, 5.74) is -0.328. The van der Waals surface area contributed by atoms with Crippen molar-refractivity contribution in [2.75, 3.05) is 25.0 Å². The van der Waals surface area contributed by atoms with Crippen LogP contribution < -0.4 is 14.2 Å². The molecule has 0 saturated heterocycles. The highest BCUT2D eigenvalue weighted by Gasteiger charge is 2.32. The van der Waals surface area contributed by atoms with Crippen molar-refractivity contribution in [3.63, 3.8) is 0 Å². The van der Waals surface area contributed by atoms with Crippen LogP contribution in [0.5, 0.6) is 11.5 Å². The Bertz CT molecular complexity index is 823. The normalized spacial score (nSPS) is 11.8. The predicted molar refractivity (Wildman–Crippen MR) is 87.7 cm³/mol. The minimum atomic E-state index is -4.94. The second-order valence-corrected chi connectivity index (χ2v) is 6.64. The third-order valence-electron chi connectivity index (χ3n) is 3.05. The van der Waals surface area contributed by atoms with Crippen LogP contribution in [0.15, 0.2) is 53.4 Å². The van der Waals surface area contributed by atoms with Crippen molar-refractivity contribution < 1.29 is 35.8 Å². The number of anilines is 1. The Morgan fingerprint density at radius 1 is 1.00 bits per heavy atom. The fraction of sp³-hybridized carbons (Fsp3) is 0.250. The van der Waals surface area contributed by atoms with E-state index in [1.54, 1.807) is 0 Å². The third kappa shape index (κ3) is 5.81. The van der Waals surface area contributed by atoms with Gasteiger partial charge in [0.25, 0.3) is 10.0 Å². The Morgan fingerprint density at radius 3 is 2.27 bits per heavy atom. The lowest BCUT2D eigenvalue weighted by atomic mass is 10.3. The average molecular weight is 391 g/mol. The van der Waals surface area contributed by atoms with Gasteiger partial charge in [-0.3, -0.25) is 4.72 Å². The van der Waals surface area contributed by atoms with Gasteiger partial charge in [0, 0.05) is 7.11 Å².